The number of imidazole rings is 1. The minimum atomic E-state index is -0.0975. The van der Waals surface area contributed by atoms with E-state index in [2.05, 4.69) is 44.5 Å². The van der Waals surface area contributed by atoms with E-state index in [4.69, 9.17) is 0 Å². The highest BCUT2D eigenvalue weighted by Gasteiger charge is 2.24. The number of carbonyl (C=O) groups is 1. The molecule has 0 aliphatic heterocycles. The molecule has 140 valence electrons. The highest BCUT2D eigenvalue weighted by molar-refractivity contribution is 5.99. The van der Waals surface area contributed by atoms with Crippen molar-refractivity contribution in [2.24, 2.45) is 7.05 Å². The largest absolute Gasteiger partial charge is 0.345 e. The molecule has 2 aromatic carbocycles. The molecule has 0 bridgehead atoms. The van der Waals surface area contributed by atoms with Crippen molar-refractivity contribution < 1.29 is 4.79 Å². The molecule has 4 aromatic rings. The van der Waals surface area contributed by atoms with Crippen LogP contribution in [0.3, 0.4) is 0 Å². The van der Waals surface area contributed by atoms with Gasteiger partial charge in [0.25, 0.3) is 5.91 Å². The molecule has 5 rings (SSSR count). The number of hydrogen-bond donors (Lipinski definition) is 1. The van der Waals surface area contributed by atoms with Crippen LogP contribution in [0.15, 0.2) is 61.2 Å². The Morgan fingerprint density at radius 1 is 1.14 bits per heavy atom. The van der Waals surface area contributed by atoms with Gasteiger partial charge < -0.3 is 9.88 Å². The van der Waals surface area contributed by atoms with Crippen molar-refractivity contribution in [3.8, 4) is 11.1 Å². The monoisotopic (exact) mass is 371 g/mol. The van der Waals surface area contributed by atoms with Crippen LogP contribution in [0, 0.1) is 0 Å². The maximum atomic E-state index is 12.5. The Balaban J connectivity index is 1.35. The van der Waals surface area contributed by atoms with Crippen LogP contribution in [-0.4, -0.2) is 25.2 Å². The summed E-state index contributed by atoms with van der Waals surface area (Å²) in [7, 11) is 1.91. The minimum absolute atomic E-state index is 0.0975. The molecule has 1 N–H and O–H groups in total. The second-order valence-corrected chi connectivity index (χ2v) is 7.35. The Morgan fingerprint density at radius 2 is 1.96 bits per heavy atom. The zero-order valence-electron chi connectivity index (χ0n) is 15.7. The number of fused-ring (bicyclic) bond motifs is 1. The summed E-state index contributed by atoms with van der Waals surface area (Å²) in [5.41, 5.74) is 2.92. The number of hydrogen-bond acceptors (Lipinski definition) is 3. The van der Waals surface area contributed by atoms with Crippen LogP contribution in [0.2, 0.25) is 0 Å². The van der Waals surface area contributed by atoms with E-state index in [1.807, 2.05) is 42.2 Å². The second-order valence-electron chi connectivity index (χ2n) is 7.35. The Kier molecular flexibility index (Phi) is 3.97. The van der Waals surface area contributed by atoms with E-state index in [9.17, 15) is 4.79 Å². The van der Waals surface area contributed by atoms with Gasteiger partial charge in [0.1, 0.15) is 5.82 Å². The van der Waals surface area contributed by atoms with Gasteiger partial charge in [-0.3, -0.25) is 9.48 Å². The highest BCUT2D eigenvalue weighted by atomic mass is 16.1. The lowest BCUT2D eigenvalue weighted by Crippen LogP contribution is -2.24. The van der Waals surface area contributed by atoms with Gasteiger partial charge in [0.2, 0.25) is 0 Å². The smallest absolute Gasteiger partial charge is 0.251 e. The molecule has 1 aliphatic carbocycles. The first-order chi connectivity index (χ1) is 13.7. The minimum Gasteiger partial charge on any atom is -0.345 e. The van der Waals surface area contributed by atoms with Crippen LogP contribution in [-0.2, 0) is 13.6 Å². The third kappa shape index (κ3) is 3.17. The number of aryl methyl sites for hydroxylation is 1. The van der Waals surface area contributed by atoms with Gasteiger partial charge in [-0.25, -0.2) is 4.98 Å². The quantitative estimate of drug-likeness (QED) is 0.582. The summed E-state index contributed by atoms with van der Waals surface area (Å²) in [6.45, 7) is 0.407. The lowest BCUT2D eigenvalue weighted by Gasteiger charge is -2.07. The van der Waals surface area contributed by atoms with E-state index in [0.29, 0.717) is 18.2 Å². The summed E-state index contributed by atoms with van der Waals surface area (Å²) in [5.74, 6) is 0.727. The van der Waals surface area contributed by atoms with Crippen LogP contribution < -0.4 is 5.32 Å². The zero-order chi connectivity index (χ0) is 19.1. The average molecular weight is 371 g/mol. The topological polar surface area (TPSA) is 64.7 Å². The van der Waals surface area contributed by atoms with Crippen LogP contribution in [0.5, 0.6) is 0 Å². The van der Waals surface area contributed by atoms with E-state index in [-0.39, 0.29) is 5.91 Å². The van der Waals surface area contributed by atoms with Crippen LogP contribution in [0.4, 0.5) is 0 Å². The van der Waals surface area contributed by atoms with E-state index < -0.39 is 0 Å². The standard InChI is InChI=1S/C22H21N5O/c1-26-9-8-23-21(26)13-24-22(28)18-5-4-15-10-17(3-2-16(15)11-18)19-12-25-27(14-19)20-6-7-20/h2-5,8-12,14,20H,6-7,13H2,1H3,(H,24,28). The number of aromatic nitrogens is 4. The van der Waals surface area contributed by atoms with Crippen molar-refractivity contribution in [3.05, 3.63) is 72.6 Å². The summed E-state index contributed by atoms with van der Waals surface area (Å²) in [6, 6.07) is 12.7. The fourth-order valence-corrected chi connectivity index (χ4v) is 3.42. The first kappa shape index (κ1) is 16.7. The molecule has 2 heterocycles. The summed E-state index contributed by atoms with van der Waals surface area (Å²) >= 11 is 0. The lowest BCUT2D eigenvalue weighted by atomic mass is 10.0. The maximum absolute atomic E-state index is 12.5. The van der Waals surface area contributed by atoms with E-state index >= 15 is 0 Å². The molecule has 0 radical (unpaired) electrons. The Bertz CT molecular complexity index is 1170. The summed E-state index contributed by atoms with van der Waals surface area (Å²) in [4.78, 5) is 16.7. The summed E-state index contributed by atoms with van der Waals surface area (Å²) < 4.78 is 3.96. The van der Waals surface area contributed by atoms with Crippen molar-refractivity contribution in [2.75, 3.05) is 0 Å². The van der Waals surface area contributed by atoms with Crippen molar-refractivity contribution >= 4 is 16.7 Å². The number of nitrogens with zero attached hydrogens (tertiary/aromatic N) is 4. The van der Waals surface area contributed by atoms with Gasteiger partial charge in [-0.15, -0.1) is 0 Å². The third-order valence-corrected chi connectivity index (χ3v) is 5.29. The number of carbonyl (C=O) groups excluding carboxylic acids is 1. The fraction of sp³-hybridized carbons (Fsp3) is 0.227. The second kappa shape index (κ2) is 6.64. The Labute approximate surface area is 162 Å². The Hall–Kier alpha value is -3.41. The molecule has 2 aromatic heterocycles. The van der Waals surface area contributed by atoms with Gasteiger partial charge in [-0.1, -0.05) is 18.2 Å². The zero-order valence-corrected chi connectivity index (χ0v) is 15.7. The molecule has 0 saturated heterocycles. The number of nitrogens with one attached hydrogen (secondary N) is 1. The van der Waals surface area contributed by atoms with E-state index in [1.165, 1.54) is 12.8 Å². The van der Waals surface area contributed by atoms with Crippen LogP contribution in [0.25, 0.3) is 21.9 Å². The van der Waals surface area contributed by atoms with Gasteiger partial charge in [0, 0.05) is 36.8 Å². The first-order valence-corrected chi connectivity index (χ1v) is 9.50. The predicted molar refractivity (Wildman–Crippen MR) is 108 cm³/mol. The number of amides is 1. The molecule has 0 spiro atoms. The third-order valence-electron chi connectivity index (χ3n) is 5.29. The molecular weight excluding hydrogens is 350 g/mol. The summed E-state index contributed by atoms with van der Waals surface area (Å²) in [5, 5.41) is 9.56. The maximum Gasteiger partial charge on any atom is 0.251 e. The molecule has 0 atom stereocenters. The SMILES string of the molecule is Cn1ccnc1CNC(=O)c1ccc2cc(-c3cnn(C4CC4)c3)ccc2c1. The van der Waals surface area contributed by atoms with Gasteiger partial charge in [0.05, 0.1) is 18.8 Å². The summed E-state index contributed by atoms with van der Waals surface area (Å²) in [6.07, 6.45) is 10.1. The average Bonchev–Trinajstić information content (AvgIpc) is 3.30. The van der Waals surface area contributed by atoms with E-state index in [0.717, 1.165) is 27.7 Å². The molecule has 1 saturated carbocycles. The molecule has 1 amide bonds. The molecule has 6 heteroatoms. The number of rotatable bonds is 5. The van der Waals surface area contributed by atoms with Gasteiger partial charge in [-0.05, 0) is 47.4 Å². The first-order valence-electron chi connectivity index (χ1n) is 9.50. The van der Waals surface area contributed by atoms with Gasteiger partial charge >= 0.3 is 0 Å². The normalized spacial score (nSPS) is 13.8. The van der Waals surface area contributed by atoms with Gasteiger partial charge in [-0.2, -0.15) is 5.10 Å². The fourth-order valence-electron chi connectivity index (χ4n) is 3.42. The van der Waals surface area contributed by atoms with Crippen LogP contribution in [0.1, 0.15) is 35.1 Å². The van der Waals surface area contributed by atoms with Crippen molar-refractivity contribution in [1.82, 2.24) is 24.6 Å². The van der Waals surface area contributed by atoms with Crippen molar-refractivity contribution in [3.63, 3.8) is 0 Å². The van der Waals surface area contributed by atoms with Gasteiger partial charge in [0.15, 0.2) is 0 Å². The van der Waals surface area contributed by atoms with Crippen molar-refractivity contribution in [1.29, 1.82) is 0 Å². The number of benzene rings is 2. The lowest BCUT2D eigenvalue weighted by molar-refractivity contribution is 0.0949. The molecular formula is C22H21N5O. The van der Waals surface area contributed by atoms with E-state index in [1.54, 1.807) is 6.20 Å². The van der Waals surface area contributed by atoms with Crippen LogP contribution >= 0.6 is 0 Å². The Morgan fingerprint density at radius 3 is 2.75 bits per heavy atom. The molecule has 0 unspecified atom stereocenters. The molecule has 28 heavy (non-hydrogen) atoms. The predicted octanol–water partition coefficient (Wildman–Crippen LogP) is 3.70. The highest BCUT2D eigenvalue weighted by Crippen LogP contribution is 2.35. The van der Waals surface area contributed by atoms with Crippen molar-refractivity contribution in [2.45, 2.75) is 25.4 Å². The molecule has 1 fully saturated rings. The molecule has 6 nitrogen and oxygen atoms in total. The molecule has 1 aliphatic rings.